The first kappa shape index (κ1) is 20.2. The first-order chi connectivity index (χ1) is 15.6. The van der Waals surface area contributed by atoms with Gasteiger partial charge in [0, 0.05) is 63.3 Å². The van der Waals surface area contributed by atoms with Gasteiger partial charge in [0.15, 0.2) is 11.5 Å². The normalized spacial score (nSPS) is 20.4. The molecule has 4 heterocycles. The van der Waals surface area contributed by atoms with E-state index in [0.29, 0.717) is 68.8 Å². The minimum absolute atomic E-state index is 0.0509. The van der Waals surface area contributed by atoms with E-state index in [4.69, 9.17) is 9.47 Å². The Bertz CT molecular complexity index is 1040. The third-order valence-electron chi connectivity index (χ3n) is 5.97. The smallest absolute Gasteiger partial charge is 0.274 e. The summed E-state index contributed by atoms with van der Waals surface area (Å²) in [5.41, 5.74) is 0.998. The number of rotatable bonds is 3. The number of piperazine rings is 1. The number of carbonyl (C=O) groups excluding carboxylic acids is 3. The van der Waals surface area contributed by atoms with E-state index in [0.717, 1.165) is 0 Å². The van der Waals surface area contributed by atoms with Crippen LogP contribution in [0.15, 0.2) is 36.8 Å². The zero-order chi connectivity index (χ0) is 22.1. The van der Waals surface area contributed by atoms with E-state index in [1.807, 2.05) is 6.07 Å². The molecule has 0 radical (unpaired) electrons. The molecule has 0 saturated carbocycles. The zero-order valence-corrected chi connectivity index (χ0v) is 17.5. The lowest BCUT2D eigenvalue weighted by molar-refractivity contribution is -0.137. The van der Waals surface area contributed by atoms with Crippen molar-refractivity contribution in [2.75, 3.05) is 50.8 Å². The van der Waals surface area contributed by atoms with Crippen molar-refractivity contribution in [1.29, 1.82) is 0 Å². The summed E-state index contributed by atoms with van der Waals surface area (Å²) in [6.45, 7) is 3.01. The van der Waals surface area contributed by atoms with E-state index in [-0.39, 0.29) is 24.1 Å². The summed E-state index contributed by atoms with van der Waals surface area (Å²) in [4.78, 5) is 51.3. The van der Waals surface area contributed by atoms with Crippen LogP contribution in [0.4, 0.5) is 5.69 Å². The van der Waals surface area contributed by atoms with Gasteiger partial charge in [0.05, 0.1) is 12.1 Å². The Morgan fingerprint density at radius 2 is 1.72 bits per heavy atom. The van der Waals surface area contributed by atoms with Gasteiger partial charge in [-0.3, -0.25) is 19.4 Å². The minimum atomic E-state index is -0.405. The number of hydrogen-bond donors (Lipinski definition) is 0. The maximum atomic E-state index is 13.1. The molecule has 2 saturated heterocycles. The van der Waals surface area contributed by atoms with E-state index in [9.17, 15) is 14.4 Å². The van der Waals surface area contributed by atoms with E-state index >= 15 is 0 Å². The molecule has 32 heavy (non-hydrogen) atoms. The lowest BCUT2D eigenvalue weighted by Gasteiger charge is -2.35. The van der Waals surface area contributed by atoms with Crippen molar-refractivity contribution in [1.82, 2.24) is 19.8 Å². The van der Waals surface area contributed by atoms with Gasteiger partial charge in [-0.25, -0.2) is 4.98 Å². The zero-order valence-electron chi connectivity index (χ0n) is 17.5. The Hall–Kier alpha value is -3.69. The Labute approximate surface area is 184 Å². The van der Waals surface area contributed by atoms with Crippen molar-refractivity contribution in [3.05, 3.63) is 42.5 Å². The van der Waals surface area contributed by atoms with Crippen LogP contribution in [0.2, 0.25) is 0 Å². The predicted octanol–water partition coefficient (Wildman–Crippen LogP) is 0.585. The molecule has 3 amide bonds. The highest BCUT2D eigenvalue weighted by Crippen LogP contribution is 2.36. The van der Waals surface area contributed by atoms with Crippen LogP contribution in [-0.4, -0.2) is 83.4 Å². The summed E-state index contributed by atoms with van der Waals surface area (Å²) >= 11 is 0. The summed E-state index contributed by atoms with van der Waals surface area (Å²) < 4.78 is 11.1. The predicted molar refractivity (Wildman–Crippen MR) is 112 cm³/mol. The lowest BCUT2D eigenvalue weighted by Crippen LogP contribution is -2.52. The fourth-order valence-corrected chi connectivity index (χ4v) is 4.28. The molecular weight excluding hydrogens is 414 g/mol. The van der Waals surface area contributed by atoms with E-state index < -0.39 is 5.92 Å². The molecule has 5 rings (SSSR count). The van der Waals surface area contributed by atoms with E-state index in [2.05, 4.69) is 9.97 Å². The highest BCUT2D eigenvalue weighted by molar-refractivity contribution is 6.00. The lowest BCUT2D eigenvalue weighted by atomic mass is 10.1. The van der Waals surface area contributed by atoms with Crippen LogP contribution < -0.4 is 14.4 Å². The molecule has 10 nitrogen and oxygen atoms in total. The van der Waals surface area contributed by atoms with Gasteiger partial charge >= 0.3 is 0 Å². The molecule has 2 aromatic rings. The Balaban J connectivity index is 1.20. The standard InChI is InChI=1S/C22H23N5O5/c28-20-11-15(14-27(20)16-1-2-18-19(12-16)32-10-9-31-18)21(29)25-5-7-26(8-6-25)22(30)17-13-23-3-4-24-17/h1-4,12-13,15H,5-11,14H2. The number of fused-ring (bicyclic) bond motifs is 1. The average molecular weight is 437 g/mol. The van der Waals surface area contributed by atoms with E-state index in [1.165, 1.54) is 18.6 Å². The van der Waals surface area contributed by atoms with Crippen LogP contribution in [-0.2, 0) is 9.59 Å². The third kappa shape index (κ3) is 3.83. The molecule has 2 fully saturated rings. The second kappa shape index (κ2) is 8.45. The fourth-order valence-electron chi connectivity index (χ4n) is 4.28. The summed E-state index contributed by atoms with van der Waals surface area (Å²) in [5.74, 6) is 0.541. The van der Waals surface area contributed by atoms with Crippen molar-refractivity contribution in [3.63, 3.8) is 0 Å². The number of anilines is 1. The Morgan fingerprint density at radius 3 is 2.47 bits per heavy atom. The molecule has 0 bridgehead atoms. The quantitative estimate of drug-likeness (QED) is 0.692. The molecule has 3 aliphatic rings. The second-order valence-electron chi connectivity index (χ2n) is 7.94. The topological polar surface area (TPSA) is 105 Å². The maximum absolute atomic E-state index is 13.1. The van der Waals surface area contributed by atoms with Gasteiger partial charge in [0.1, 0.15) is 18.9 Å². The number of aromatic nitrogens is 2. The molecule has 0 spiro atoms. The number of carbonyl (C=O) groups is 3. The van der Waals surface area contributed by atoms with Crippen LogP contribution in [0, 0.1) is 5.92 Å². The Kier molecular flexibility index (Phi) is 5.34. The number of hydrogen-bond acceptors (Lipinski definition) is 7. The van der Waals surface area contributed by atoms with E-state index in [1.54, 1.807) is 26.8 Å². The molecule has 3 aliphatic heterocycles. The summed E-state index contributed by atoms with van der Waals surface area (Å²) in [6, 6.07) is 5.39. The number of nitrogens with zero attached hydrogens (tertiary/aromatic N) is 5. The third-order valence-corrected chi connectivity index (χ3v) is 5.97. The van der Waals surface area contributed by atoms with Gasteiger partial charge in [-0.2, -0.15) is 0 Å². The van der Waals surface area contributed by atoms with Gasteiger partial charge in [-0.1, -0.05) is 0 Å². The molecule has 1 atom stereocenters. The second-order valence-corrected chi connectivity index (χ2v) is 7.94. The van der Waals surface area contributed by atoms with Crippen LogP contribution in [0.3, 0.4) is 0 Å². The molecule has 1 unspecified atom stereocenters. The van der Waals surface area contributed by atoms with Crippen molar-refractivity contribution in [3.8, 4) is 11.5 Å². The van der Waals surface area contributed by atoms with Crippen LogP contribution in [0.25, 0.3) is 0 Å². The highest BCUT2D eigenvalue weighted by Gasteiger charge is 2.38. The molecule has 10 heteroatoms. The summed E-state index contributed by atoms with van der Waals surface area (Å²) in [5, 5.41) is 0. The fraction of sp³-hybridized carbons (Fsp3) is 0.409. The molecule has 1 aromatic carbocycles. The monoisotopic (exact) mass is 437 g/mol. The summed E-state index contributed by atoms with van der Waals surface area (Å²) in [7, 11) is 0. The SMILES string of the molecule is O=C(c1cnccn1)N1CCN(C(=O)C2CC(=O)N(c3ccc4c(c3)OCCO4)C2)CC1. The van der Waals surface area contributed by atoms with Gasteiger partial charge in [-0.15, -0.1) is 0 Å². The van der Waals surface area contributed by atoms with Gasteiger partial charge in [-0.05, 0) is 12.1 Å². The molecule has 1 aromatic heterocycles. The molecule has 0 aliphatic carbocycles. The first-order valence-corrected chi connectivity index (χ1v) is 10.6. The molecule has 166 valence electrons. The highest BCUT2D eigenvalue weighted by atomic mass is 16.6. The largest absolute Gasteiger partial charge is 0.486 e. The molecule has 0 N–H and O–H groups in total. The van der Waals surface area contributed by atoms with Crippen LogP contribution >= 0.6 is 0 Å². The number of amides is 3. The van der Waals surface area contributed by atoms with Crippen LogP contribution in [0.5, 0.6) is 11.5 Å². The summed E-state index contributed by atoms with van der Waals surface area (Å²) in [6.07, 6.45) is 4.62. The molecular formula is C22H23N5O5. The van der Waals surface area contributed by atoms with Crippen molar-refractivity contribution < 1.29 is 23.9 Å². The maximum Gasteiger partial charge on any atom is 0.274 e. The minimum Gasteiger partial charge on any atom is -0.486 e. The Morgan fingerprint density at radius 1 is 0.969 bits per heavy atom. The average Bonchev–Trinajstić information content (AvgIpc) is 3.25. The van der Waals surface area contributed by atoms with Crippen LogP contribution in [0.1, 0.15) is 16.9 Å². The van der Waals surface area contributed by atoms with Gasteiger partial charge in [0.2, 0.25) is 11.8 Å². The van der Waals surface area contributed by atoms with Gasteiger partial charge in [0.25, 0.3) is 5.91 Å². The van der Waals surface area contributed by atoms with Crippen molar-refractivity contribution in [2.24, 2.45) is 5.92 Å². The number of benzene rings is 1. The van der Waals surface area contributed by atoms with Crippen molar-refractivity contribution in [2.45, 2.75) is 6.42 Å². The number of ether oxygens (including phenoxy) is 2. The first-order valence-electron chi connectivity index (χ1n) is 10.6. The van der Waals surface area contributed by atoms with Gasteiger partial charge < -0.3 is 24.2 Å². The van der Waals surface area contributed by atoms with Crippen molar-refractivity contribution >= 4 is 23.4 Å².